The van der Waals surface area contributed by atoms with E-state index < -0.39 is 0 Å². The van der Waals surface area contributed by atoms with Crippen molar-refractivity contribution in [2.24, 2.45) is 0 Å². The molecular weight excluding hydrogens is 341 g/mol. The monoisotopic (exact) mass is 348 g/mol. The molecule has 0 fully saturated rings. The molecule has 0 aromatic heterocycles. The summed E-state index contributed by atoms with van der Waals surface area (Å²) < 4.78 is 0.961. The molecule has 2 nitrogen and oxygen atoms in total. The first-order valence-corrected chi connectivity index (χ1v) is 7.78. The number of rotatable bonds is 3. The van der Waals surface area contributed by atoms with Crippen LogP contribution in [0, 0.1) is 20.5 Å². The van der Waals surface area contributed by atoms with Gasteiger partial charge in [0.15, 0.2) is 0 Å². The normalized spacial score (nSPS) is 10.5. The molecule has 0 aliphatic carbocycles. The van der Waals surface area contributed by atoms with Crippen LogP contribution in [0.15, 0.2) is 29.2 Å². The van der Waals surface area contributed by atoms with Crippen molar-refractivity contribution in [3.63, 3.8) is 0 Å². The molecule has 0 amide bonds. The fraction of sp³-hybridized carbons (Fsp3) is 0. The Kier molecular flexibility index (Phi) is 5.51. The third-order valence-corrected chi connectivity index (χ3v) is 4.87. The summed E-state index contributed by atoms with van der Waals surface area (Å²) in [6.45, 7) is 0. The molecule has 0 N–H and O–H groups in total. The van der Waals surface area contributed by atoms with Crippen LogP contribution in [0.5, 0.6) is 0 Å². The van der Waals surface area contributed by atoms with Gasteiger partial charge in [0.1, 0.15) is 0 Å². The van der Waals surface area contributed by atoms with Crippen LogP contribution >= 0.6 is 11.6 Å². The molecule has 74 valence electrons. The number of nitriles is 2. The van der Waals surface area contributed by atoms with Gasteiger partial charge in [0.05, 0.1) is 0 Å². The summed E-state index contributed by atoms with van der Waals surface area (Å²) in [6, 6.07) is 7.33. The van der Waals surface area contributed by atoms with Crippen LogP contribution < -0.4 is 0 Å². The Bertz CT molecular complexity index is 440. The number of halogens is 1. The van der Waals surface area contributed by atoms with Crippen LogP contribution in [0.1, 0.15) is 5.56 Å². The van der Waals surface area contributed by atoms with E-state index in [4.69, 9.17) is 22.1 Å². The van der Waals surface area contributed by atoms with Gasteiger partial charge in [-0.15, -0.1) is 0 Å². The van der Waals surface area contributed by atoms with Crippen LogP contribution in [-0.2, 0) is 0 Å². The van der Waals surface area contributed by atoms with E-state index in [2.05, 4.69) is 9.94 Å². The van der Waals surface area contributed by atoms with Crippen molar-refractivity contribution in [2.75, 3.05) is 0 Å². The van der Waals surface area contributed by atoms with Crippen LogP contribution in [0.25, 0.3) is 4.47 Å². The van der Waals surface area contributed by atoms with Gasteiger partial charge in [0.2, 0.25) is 0 Å². The zero-order valence-electron chi connectivity index (χ0n) is 7.48. The Hall–Kier alpha value is -0.731. The summed E-state index contributed by atoms with van der Waals surface area (Å²) >= 11 is 5.35. The number of hydrogen-bond donors (Lipinski definition) is 0. The topological polar surface area (TPSA) is 47.6 Å². The van der Waals surface area contributed by atoms with Gasteiger partial charge in [-0.25, -0.2) is 0 Å². The van der Waals surface area contributed by atoms with Gasteiger partial charge in [0, 0.05) is 0 Å². The van der Waals surface area contributed by atoms with E-state index in [1.54, 1.807) is 12.1 Å². The third kappa shape index (κ3) is 4.10. The molecular formula is C10H5ClN2Se2. The molecule has 5 heteroatoms. The third-order valence-electron chi connectivity index (χ3n) is 1.50. The summed E-state index contributed by atoms with van der Waals surface area (Å²) in [7, 11) is 0. The summed E-state index contributed by atoms with van der Waals surface area (Å²) in [5, 5.41) is 17.9. The zero-order valence-corrected chi connectivity index (χ0v) is 11.7. The second-order valence-electron chi connectivity index (χ2n) is 2.39. The number of nitrogens with zero attached hydrogens (tertiary/aromatic N) is 2. The first-order valence-electron chi connectivity index (χ1n) is 3.84. The number of benzene rings is 1. The Labute approximate surface area is 106 Å². The molecule has 0 spiro atoms. The molecule has 1 rings (SSSR count). The van der Waals surface area contributed by atoms with E-state index in [9.17, 15) is 0 Å². The second kappa shape index (κ2) is 6.70. The molecule has 0 unspecified atom stereocenters. The van der Waals surface area contributed by atoms with Gasteiger partial charge >= 0.3 is 106 Å². The van der Waals surface area contributed by atoms with E-state index in [0.717, 1.165) is 10.0 Å². The summed E-state index contributed by atoms with van der Waals surface area (Å²) in [6.07, 6.45) is 0. The van der Waals surface area contributed by atoms with Crippen LogP contribution in [0.3, 0.4) is 0 Å². The molecule has 0 atom stereocenters. The summed E-state index contributed by atoms with van der Waals surface area (Å²) in [4.78, 5) is 6.11. The molecule has 1 aromatic rings. The SMILES string of the molecule is N#C[Se]/C=C(/[Se]C#N)c1ccc(Cl)cc1. The number of hydrogen-bond acceptors (Lipinski definition) is 2. The standard InChI is InChI=1S/C10H5ClN2Se2/c11-9-3-1-8(2-4-9)10(15-7-13)5-14-6-12/h1-5H/b10-5+. The predicted octanol–water partition coefficient (Wildman–Crippen LogP) is 2.01. The molecule has 0 bridgehead atoms. The first-order chi connectivity index (χ1) is 7.27. The van der Waals surface area contributed by atoms with Gasteiger partial charge in [0.25, 0.3) is 0 Å². The van der Waals surface area contributed by atoms with Gasteiger partial charge in [-0.1, -0.05) is 0 Å². The van der Waals surface area contributed by atoms with Crippen molar-refractivity contribution in [2.45, 2.75) is 0 Å². The molecule has 0 saturated carbocycles. The predicted molar refractivity (Wildman–Crippen MR) is 62.2 cm³/mol. The van der Waals surface area contributed by atoms with Gasteiger partial charge < -0.3 is 0 Å². The minimum atomic E-state index is -0.230. The first kappa shape index (κ1) is 12.3. The summed E-state index contributed by atoms with van der Waals surface area (Å²) in [5.41, 5.74) is 0.984. The van der Waals surface area contributed by atoms with Crippen molar-refractivity contribution >= 4 is 46.0 Å². The quantitative estimate of drug-likeness (QED) is 0.786. The van der Waals surface area contributed by atoms with Crippen molar-refractivity contribution in [3.8, 4) is 9.94 Å². The van der Waals surface area contributed by atoms with Crippen molar-refractivity contribution < 1.29 is 0 Å². The van der Waals surface area contributed by atoms with Gasteiger partial charge in [-0.2, -0.15) is 0 Å². The van der Waals surface area contributed by atoms with Crippen LogP contribution in [0.2, 0.25) is 5.02 Å². The average molecular weight is 347 g/mol. The second-order valence-corrected chi connectivity index (χ2v) is 5.93. The Balaban J connectivity index is 2.96. The Morgan fingerprint density at radius 1 is 1.20 bits per heavy atom. The molecule has 1 aromatic carbocycles. The minimum absolute atomic E-state index is 0.187. The maximum absolute atomic E-state index is 8.69. The average Bonchev–Trinajstić information content (AvgIpc) is 2.25. The molecule has 15 heavy (non-hydrogen) atoms. The van der Waals surface area contributed by atoms with Crippen LogP contribution in [-0.4, -0.2) is 29.9 Å². The van der Waals surface area contributed by atoms with E-state index >= 15 is 0 Å². The maximum atomic E-state index is 8.69. The van der Waals surface area contributed by atoms with Crippen molar-refractivity contribution in [1.82, 2.24) is 0 Å². The summed E-state index contributed by atoms with van der Waals surface area (Å²) in [5.74, 6) is 0. The van der Waals surface area contributed by atoms with Crippen LogP contribution in [0.4, 0.5) is 0 Å². The fourth-order valence-electron chi connectivity index (χ4n) is 0.894. The van der Waals surface area contributed by atoms with Gasteiger partial charge in [-0.3, -0.25) is 0 Å². The van der Waals surface area contributed by atoms with E-state index in [0.29, 0.717) is 5.02 Å². The molecule has 0 radical (unpaired) electrons. The molecule has 0 aliphatic rings. The molecule has 0 heterocycles. The fourth-order valence-corrected chi connectivity index (χ4v) is 3.53. The Morgan fingerprint density at radius 3 is 2.40 bits per heavy atom. The van der Waals surface area contributed by atoms with E-state index in [1.165, 1.54) is 0 Å². The van der Waals surface area contributed by atoms with E-state index in [-0.39, 0.29) is 29.9 Å². The van der Waals surface area contributed by atoms with Crippen molar-refractivity contribution in [1.29, 1.82) is 10.5 Å². The molecule has 0 saturated heterocycles. The zero-order chi connectivity index (χ0) is 11.1. The van der Waals surface area contributed by atoms with Gasteiger partial charge in [-0.05, 0) is 0 Å². The van der Waals surface area contributed by atoms with Crippen molar-refractivity contribution in [3.05, 3.63) is 39.8 Å². The van der Waals surface area contributed by atoms with E-state index in [1.807, 2.05) is 17.1 Å². The Morgan fingerprint density at radius 2 is 1.87 bits per heavy atom. The molecule has 0 aliphatic heterocycles.